The van der Waals surface area contributed by atoms with Crippen molar-refractivity contribution in [2.75, 3.05) is 40.0 Å². The normalized spacial score (nSPS) is 23.6. The molecule has 0 aliphatic carbocycles. The summed E-state index contributed by atoms with van der Waals surface area (Å²) in [4.78, 5) is 3.20. The molecule has 0 amide bonds. The van der Waals surface area contributed by atoms with E-state index in [4.69, 9.17) is 9.47 Å². The topological polar surface area (TPSA) is 70.9 Å². The third kappa shape index (κ3) is 3.32. The molecule has 0 spiro atoms. The third-order valence-electron chi connectivity index (χ3n) is 5.29. The lowest BCUT2D eigenvalue weighted by atomic mass is 10.1. The number of piperazine rings is 1. The van der Waals surface area contributed by atoms with E-state index in [-0.39, 0.29) is 0 Å². The van der Waals surface area contributed by atoms with Crippen LogP contribution in [0.3, 0.4) is 0 Å². The van der Waals surface area contributed by atoms with E-state index in [1.807, 2.05) is 22.9 Å². The molecule has 8 heteroatoms. The predicted octanol–water partition coefficient (Wildman–Crippen LogP) is -1.69. The molecule has 0 radical (unpaired) electrons. The number of hydrogen-bond donors (Lipinski definition) is 2. The number of quaternary nitrogens is 2. The van der Waals surface area contributed by atoms with Crippen LogP contribution in [-0.2, 0) is 6.54 Å². The SMILES string of the molecule is CC[C@H](c1nnnn1Cc1ccc2c(c1)OCO2)[NH+]1CC[NH+](C)CC1. The van der Waals surface area contributed by atoms with Crippen molar-refractivity contribution in [3.05, 3.63) is 29.6 Å². The molecule has 2 aliphatic heterocycles. The molecule has 1 fully saturated rings. The van der Waals surface area contributed by atoms with E-state index in [1.165, 1.54) is 26.2 Å². The van der Waals surface area contributed by atoms with Crippen LogP contribution < -0.4 is 19.3 Å². The third-order valence-corrected chi connectivity index (χ3v) is 5.29. The lowest BCUT2D eigenvalue weighted by Gasteiger charge is -2.32. The number of tetrazole rings is 1. The second kappa shape index (κ2) is 6.97. The number of hydrogen-bond acceptors (Lipinski definition) is 5. The highest BCUT2D eigenvalue weighted by molar-refractivity contribution is 5.44. The van der Waals surface area contributed by atoms with Crippen molar-refractivity contribution >= 4 is 0 Å². The van der Waals surface area contributed by atoms with E-state index in [2.05, 4.69) is 29.5 Å². The maximum absolute atomic E-state index is 5.47. The summed E-state index contributed by atoms with van der Waals surface area (Å²) in [7, 11) is 2.27. The van der Waals surface area contributed by atoms with E-state index in [9.17, 15) is 0 Å². The fraction of sp³-hybridized carbons (Fsp3) is 0.588. The van der Waals surface area contributed by atoms with Gasteiger partial charge in [0.15, 0.2) is 11.5 Å². The fourth-order valence-corrected chi connectivity index (χ4v) is 3.79. The number of rotatable bonds is 5. The summed E-state index contributed by atoms with van der Waals surface area (Å²) in [5.74, 6) is 2.58. The standard InChI is InChI=1S/C17H24N6O2/c1-3-14(22-8-6-21(2)7-9-22)17-18-19-20-23(17)11-13-4-5-15-16(10-13)25-12-24-15/h4-5,10,14H,3,6-9,11-12H2,1-2H3/p+2/t14-/m1/s1. The van der Waals surface area contributed by atoms with Gasteiger partial charge in [-0.3, -0.25) is 0 Å². The fourth-order valence-electron chi connectivity index (χ4n) is 3.79. The van der Waals surface area contributed by atoms with Gasteiger partial charge in [0.1, 0.15) is 32.2 Å². The molecule has 1 atom stereocenters. The average molecular weight is 346 g/mol. The Labute approximate surface area is 147 Å². The second-order valence-electron chi connectivity index (χ2n) is 6.96. The largest absolute Gasteiger partial charge is 0.454 e. The molecular weight excluding hydrogens is 320 g/mol. The van der Waals surface area contributed by atoms with Gasteiger partial charge in [0.2, 0.25) is 12.6 Å². The first-order chi connectivity index (χ1) is 12.2. The molecule has 2 aliphatic rings. The Morgan fingerprint density at radius 3 is 2.76 bits per heavy atom. The van der Waals surface area contributed by atoms with Gasteiger partial charge in [-0.1, -0.05) is 13.0 Å². The molecule has 25 heavy (non-hydrogen) atoms. The molecule has 2 N–H and O–H groups in total. The molecule has 8 nitrogen and oxygen atoms in total. The van der Waals surface area contributed by atoms with Crippen LogP contribution in [0.2, 0.25) is 0 Å². The molecule has 0 saturated carbocycles. The highest BCUT2D eigenvalue weighted by Crippen LogP contribution is 2.32. The molecule has 2 aromatic rings. The maximum atomic E-state index is 5.47. The summed E-state index contributed by atoms with van der Waals surface area (Å²) in [6, 6.07) is 6.36. The summed E-state index contributed by atoms with van der Waals surface area (Å²) in [5, 5.41) is 12.6. The number of nitrogens with one attached hydrogen (secondary N) is 2. The van der Waals surface area contributed by atoms with E-state index in [0.29, 0.717) is 19.4 Å². The molecule has 0 bridgehead atoms. The van der Waals surface area contributed by atoms with Crippen LogP contribution in [0.5, 0.6) is 11.5 Å². The van der Waals surface area contributed by atoms with Gasteiger partial charge >= 0.3 is 0 Å². The zero-order valence-corrected chi connectivity index (χ0v) is 14.9. The molecule has 134 valence electrons. The van der Waals surface area contributed by atoms with E-state index < -0.39 is 0 Å². The van der Waals surface area contributed by atoms with Gasteiger partial charge in [-0.05, 0) is 28.1 Å². The van der Waals surface area contributed by atoms with Crippen LogP contribution in [0.25, 0.3) is 0 Å². The van der Waals surface area contributed by atoms with E-state index >= 15 is 0 Å². The molecule has 1 aromatic heterocycles. The average Bonchev–Trinajstić information content (AvgIpc) is 3.27. The summed E-state index contributed by atoms with van der Waals surface area (Å²) in [6.45, 7) is 7.91. The number of ether oxygens (including phenoxy) is 2. The number of nitrogens with zero attached hydrogens (tertiary/aromatic N) is 4. The minimum absolute atomic E-state index is 0.293. The maximum Gasteiger partial charge on any atom is 0.231 e. The van der Waals surface area contributed by atoms with Crippen LogP contribution in [0.15, 0.2) is 18.2 Å². The quantitative estimate of drug-likeness (QED) is 0.676. The molecular formula is C17H26N6O2+2. The Balaban J connectivity index is 1.53. The van der Waals surface area contributed by atoms with Crippen molar-refractivity contribution in [2.24, 2.45) is 0 Å². The van der Waals surface area contributed by atoms with Gasteiger partial charge in [-0.15, -0.1) is 5.10 Å². The van der Waals surface area contributed by atoms with Crippen molar-refractivity contribution < 1.29 is 19.3 Å². The first-order valence-electron chi connectivity index (χ1n) is 9.05. The van der Waals surface area contributed by atoms with Gasteiger partial charge < -0.3 is 19.3 Å². The smallest absolute Gasteiger partial charge is 0.231 e. The van der Waals surface area contributed by atoms with Crippen LogP contribution in [0, 0.1) is 0 Å². The Hall–Kier alpha value is -2.19. The van der Waals surface area contributed by atoms with Crippen molar-refractivity contribution in [1.82, 2.24) is 20.2 Å². The Bertz CT molecular complexity index is 726. The first kappa shape index (κ1) is 16.3. The highest BCUT2D eigenvalue weighted by Gasteiger charge is 2.32. The van der Waals surface area contributed by atoms with Crippen LogP contribution in [0.4, 0.5) is 0 Å². The van der Waals surface area contributed by atoms with Gasteiger partial charge in [-0.25, -0.2) is 4.68 Å². The van der Waals surface area contributed by atoms with Gasteiger partial charge in [-0.2, -0.15) is 0 Å². The lowest BCUT2D eigenvalue weighted by molar-refractivity contribution is -1.02. The van der Waals surface area contributed by atoms with Gasteiger partial charge in [0.05, 0.1) is 13.6 Å². The molecule has 0 unspecified atom stereocenters. The van der Waals surface area contributed by atoms with E-state index in [0.717, 1.165) is 29.3 Å². The summed E-state index contributed by atoms with van der Waals surface area (Å²) in [5.41, 5.74) is 1.12. The molecule has 1 aromatic carbocycles. The van der Waals surface area contributed by atoms with Crippen molar-refractivity contribution in [3.8, 4) is 11.5 Å². The van der Waals surface area contributed by atoms with Crippen molar-refractivity contribution in [2.45, 2.75) is 25.9 Å². The number of aromatic nitrogens is 4. The Kier molecular flexibility index (Phi) is 4.54. The molecule has 3 heterocycles. The Morgan fingerprint density at radius 2 is 1.96 bits per heavy atom. The van der Waals surface area contributed by atoms with Gasteiger partial charge in [0.25, 0.3) is 0 Å². The van der Waals surface area contributed by atoms with Crippen LogP contribution >= 0.6 is 0 Å². The first-order valence-corrected chi connectivity index (χ1v) is 9.05. The number of likely N-dealkylation sites (N-methyl/N-ethyl adjacent to an activating group) is 1. The zero-order chi connectivity index (χ0) is 17.2. The monoisotopic (exact) mass is 346 g/mol. The summed E-state index contributed by atoms with van der Waals surface area (Å²) < 4.78 is 12.8. The minimum atomic E-state index is 0.293. The Morgan fingerprint density at radius 1 is 1.16 bits per heavy atom. The molecule has 4 rings (SSSR count). The lowest BCUT2D eigenvalue weighted by Crippen LogP contribution is -3.27. The van der Waals surface area contributed by atoms with Crippen LogP contribution in [0.1, 0.15) is 30.8 Å². The zero-order valence-electron chi connectivity index (χ0n) is 14.9. The summed E-state index contributed by atoms with van der Waals surface area (Å²) >= 11 is 0. The number of benzene rings is 1. The predicted molar refractivity (Wildman–Crippen MR) is 89.8 cm³/mol. The number of fused-ring (bicyclic) bond motifs is 1. The van der Waals surface area contributed by atoms with Crippen molar-refractivity contribution in [3.63, 3.8) is 0 Å². The van der Waals surface area contributed by atoms with Crippen molar-refractivity contribution in [1.29, 1.82) is 0 Å². The summed E-state index contributed by atoms with van der Waals surface area (Å²) in [6.07, 6.45) is 1.04. The van der Waals surface area contributed by atoms with E-state index in [1.54, 1.807) is 9.80 Å². The second-order valence-corrected chi connectivity index (χ2v) is 6.96. The minimum Gasteiger partial charge on any atom is -0.454 e. The van der Waals surface area contributed by atoms with Gasteiger partial charge in [0, 0.05) is 6.42 Å². The molecule has 1 saturated heterocycles. The van der Waals surface area contributed by atoms with Crippen LogP contribution in [-0.4, -0.2) is 60.2 Å². The highest BCUT2D eigenvalue weighted by atomic mass is 16.7.